The maximum atomic E-state index is 13.6. The van der Waals surface area contributed by atoms with Gasteiger partial charge in [0.15, 0.2) is 0 Å². The van der Waals surface area contributed by atoms with Gasteiger partial charge in [0.1, 0.15) is 50.3 Å². The summed E-state index contributed by atoms with van der Waals surface area (Å²) in [4.78, 5) is 45.4. The molecule has 288 valence electrons. The van der Waals surface area contributed by atoms with Crippen molar-refractivity contribution in [1.29, 1.82) is 0 Å². The molecule has 0 N–H and O–H groups in total. The van der Waals surface area contributed by atoms with Crippen LogP contribution in [0.5, 0.6) is 17.2 Å². The van der Waals surface area contributed by atoms with Gasteiger partial charge in [0.05, 0.1) is 33.8 Å². The summed E-state index contributed by atoms with van der Waals surface area (Å²) in [5.41, 5.74) is 6.03. The first-order valence-corrected chi connectivity index (χ1v) is 18.5. The lowest BCUT2D eigenvalue weighted by atomic mass is 10.1. The molecule has 15 nitrogen and oxygen atoms in total. The molecule has 0 radical (unpaired) electrons. The normalized spacial score (nSPS) is 11.2. The number of carbonyl (C=O) groups is 3. The Hall–Kier alpha value is -8.85. The highest BCUT2D eigenvalue weighted by Gasteiger charge is 2.21. The number of rotatable bonds is 9. The quantitative estimate of drug-likeness (QED) is 0.104. The first-order valence-electron chi connectivity index (χ1n) is 18.5. The van der Waals surface area contributed by atoms with Crippen molar-refractivity contribution in [2.45, 2.75) is 0 Å². The van der Waals surface area contributed by atoms with E-state index in [0.29, 0.717) is 17.1 Å². The Bertz CT molecular complexity index is 2790. The number of fused-ring (bicyclic) bond motifs is 3. The molecule has 10 aromatic rings. The van der Waals surface area contributed by atoms with Gasteiger partial charge in [-0.2, -0.15) is 14.4 Å². The van der Waals surface area contributed by atoms with Crippen LogP contribution in [0.1, 0.15) is 31.1 Å². The van der Waals surface area contributed by atoms with E-state index in [1.807, 2.05) is 72.8 Å². The number of hydrogen-bond acceptors (Lipinski definition) is 12. The smallest absolute Gasteiger partial charge is 0.343 e. The van der Waals surface area contributed by atoms with Crippen LogP contribution in [0.2, 0.25) is 0 Å². The molecule has 10 rings (SSSR count). The van der Waals surface area contributed by atoms with Gasteiger partial charge in [-0.25, -0.2) is 14.4 Å². The number of hydrogen-bond donors (Lipinski definition) is 0. The van der Waals surface area contributed by atoms with Crippen LogP contribution >= 0.6 is 0 Å². The van der Waals surface area contributed by atoms with Gasteiger partial charge in [0.25, 0.3) is 0 Å². The minimum Gasteiger partial charge on any atom is -0.423 e. The lowest BCUT2D eigenvalue weighted by Gasteiger charge is -2.11. The molecule has 0 unspecified atom stereocenters. The first kappa shape index (κ1) is 35.6. The van der Waals surface area contributed by atoms with Crippen LogP contribution in [-0.2, 0) is 0 Å². The molecule has 3 aromatic heterocycles. The SMILES string of the molecule is O=C(Oc1ccc(-n2nc3ccccc3n2)cc1)c1cc(C(=O)Oc2ccc(-n3nc4ccccc4n3)cc2)cc(C(=O)Oc2ccc(-n3nc4ccccc4n3)cc2)c1. The predicted octanol–water partition coefficient (Wildman–Crippen LogP) is 7.55. The van der Waals surface area contributed by atoms with Crippen molar-refractivity contribution in [2.24, 2.45) is 0 Å². The Morgan fingerprint density at radius 3 is 0.750 bits per heavy atom. The number of benzene rings is 7. The van der Waals surface area contributed by atoms with E-state index >= 15 is 0 Å². The Morgan fingerprint density at radius 2 is 0.533 bits per heavy atom. The summed E-state index contributed by atoms with van der Waals surface area (Å²) in [5, 5.41) is 26.9. The number of carbonyl (C=O) groups excluding carboxylic acids is 3. The van der Waals surface area contributed by atoms with Crippen LogP contribution in [-0.4, -0.2) is 62.9 Å². The molecular formula is C45H27N9O6. The monoisotopic (exact) mass is 789 g/mol. The molecule has 60 heavy (non-hydrogen) atoms. The van der Waals surface area contributed by atoms with Crippen LogP contribution in [0.15, 0.2) is 164 Å². The molecular weight excluding hydrogens is 763 g/mol. The van der Waals surface area contributed by atoms with E-state index in [1.165, 1.54) is 32.6 Å². The van der Waals surface area contributed by atoms with E-state index in [9.17, 15) is 14.4 Å². The molecule has 7 aromatic carbocycles. The summed E-state index contributed by atoms with van der Waals surface area (Å²) >= 11 is 0. The molecule has 0 saturated heterocycles. The van der Waals surface area contributed by atoms with Crippen molar-refractivity contribution >= 4 is 51.0 Å². The molecule has 0 aliphatic carbocycles. The fourth-order valence-corrected chi connectivity index (χ4v) is 6.35. The number of aromatic nitrogens is 9. The largest absolute Gasteiger partial charge is 0.423 e. The number of nitrogens with zero attached hydrogens (tertiary/aromatic N) is 9. The summed E-state index contributed by atoms with van der Waals surface area (Å²) in [6.45, 7) is 0. The second kappa shape index (κ2) is 14.9. The highest BCUT2D eigenvalue weighted by molar-refractivity contribution is 6.02. The standard InChI is InChI=1S/C45H27N9O6/c55-43(58-34-19-13-31(14-20-34)52-46-37-7-1-2-8-38(37)47-52)28-25-29(44(56)59-35-21-15-32(16-22-35)53-48-39-9-3-4-10-40(39)49-53)27-30(26-28)45(57)60-36-23-17-33(18-24-36)54-50-41-11-5-6-12-42(41)51-54/h1-27H. The van der Waals surface area contributed by atoms with Crippen molar-refractivity contribution in [3.05, 3.63) is 180 Å². The minimum absolute atomic E-state index is 0.0974. The third kappa shape index (κ3) is 7.16. The fraction of sp³-hybridized carbons (Fsp3) is 0. The highest BCUT2D eigenvalue weighted by atomic mass is 16.5. The molecule has 15 heteroatoms. The van der Waals surface area contributed by atoms with E-state index < -0.39 is 17.9 Å². The zero-order valence-electron chi connectivity index (χ0n) is 31.1. The van der Waals surface area contributed by atoms with Gasteiger partial charge in [-0.15, -0.1) is 30.6 Å². The summed E-state index contributed by atoms with van der Waals surface area (Å²) in [6.07, 6.45) is 0. The Balaban J connectivity index is 0.899. The fourth-order valence-electron chi connectivity index (χ4n) is 6.35. The lowest BCUT2D eigenvalue weighted by molar-refractivity contribution is 0.0734. The molecule has 0 bridgehead atoms. The van der Waals surface area contributed by atoms with Gasteiger partial charge in [-0.1, -0.05) is 36.4 Å². The van der Waals surface area contributed by atoms with Crippen LogP contribution in [0, 0.1) is 0 Å². The summed E-state index contributed by atoms with van der Waals surface area (Å²) in [7, 11) is 0. The van der Waals surface area contributed by atoms with Crippen LogP contribution < -0.4 is 14.2 Å². The second-order valence-corrected chi connectivity index (χ2v) is 13.4. The van der Waals surface area contributed by atoms with Gasteiger partial charge >= 0.3 is 17.9 Å². The van der Waals surface area contributed by atoms with Crippen LogP contribution in [0.3, 0.4) is 0 Å². The highest BCUT2D eigenvalue weighted by Crippen LogP contribution is 2.24. The number of ether oxygens (including phenoxy) is 3. The van der Waals surface area contributed by atoms with Crippen molar-refractivity contribution in [2.75, 3.05) is 0 Å². The molecule has 0 aliphatic heterocycles. The van der Waals surface area contributed by atoms with E-state index in [2.05, 4.69) is 30.6 Å². The zero-order valence-corrected chi connectivity index (χ0v) is 31.1. The van der Waals surface area contributed by atoms with E-state index in [-0.39, 0.29) is 33.9 Å². The maximum Gasteiger partial charge on any atom is 0.343 e. The maximum absolute atomic E-state index is 13.6. The van der Waals surface area contributed by atoms with E-state index in [1.54, 1.807) is 72.8 Å². The average Bonchev–Trinajstić information content (AvgIpc) is 4.04. The van der Waals surface area contributed by atoms with Gasteiger partial charge in [-0.3, -0.25) is 0 Å². The molecule has 0 amide bonds. The third-order valence-corrected chi connectivity index (χ3v) is 9.33. The lowest BCUT2D eigenvalue weighted by Crippen LogP contribution is -2.17. The molecule has 0 saturated carbocycles. The van der Waals surface area contributed by atoms with Gasteiger partial charge in [-0.05, 0) is 127 Å². The zero-order chi connectivity index (χ0) is 40.6. The van der Waals surface area contributed by atoms with Crippen molar-refractivity contribution in [3.8, 4) is 34.3 Å². The van der Waals surface area contributed by atoms with E-state index in [0.717, 1.165) is 33.1 Å². The topological polar surface area (TPSA) is 171 Å². The summed E-state index contributed by atoms with van der Waals surface area (Å²) < 4.78 is 17.1. The van der Waals surface area contributed by atoms with Gasteiger partial charge in [0, 0.05) is 0 Å². The Kier molecular flexibility index (Phi) is 8.83. The van der Waals surface area contributed by atoms with Crippen molar-refractivity contribution in [3.63, 3.8) is 0 Å². The van der Waals surface area contributed by atoms with Gasteiger partial charge < -0.3 is 14.2 Å². The van der Waals surface area contributed by atoms with Crippen molar-refractivity contribution in [1.82, 2.24) is 45.0 Å². The summed E-state index contributed by atoms with van der Waals surface area (Å²) in [5.74, 6) is -1.88. The second-order valence-electron chi connectivity index (χ2n) is 13.4. The Morgan fingerprint density at radius 1 is 0.317 bits per heavy atom. The van der Waals surface area contributed by atoms with Gasteiger partial charge in [0.2, 0.25) is 0 Å². The first-order chi connectivity index (χ1) is 29.4. The van der Waals surface area contributed by atoms with E-state index in [4.69, 9.17) is 14.2 Å². The molecule has 0 spiro atoms. The minimum atomic E-state index is -0.832. The molecule has 0 aliphatic rings. The molecule has 0 fully saturated rings. The average molecular weight is 790 g/mol. The third-order valence-electron chi connectivity index (χ3n) is 9.33. The van der Waals surface area contributed by atoms with Crippen molar-refractivity contribution < 1.29 is 28.6 Å². The predicted molar refractivity (Wildman–Crippen MR) is 218 cm³/mol. The Labute approximate surface area is 338 Å². The van der Waals surface area contributed by atoms with Crippen LogP contribution in [0.25, 0.3) is 50.2 Å². The molecule has 0 atom stereocenters. The number of esters is 3. The van der Waals surface area contributed by atoms with Crippen LogP contribution in [0.4, 0.5) is 0 Å². The summed E-state index contributed by atoms with van der Waals surface area (Å²) in [6, 6.07) is 46.0. The molecule has 3 heterocycles.